The van der Waals surface area contributed by atoms with Crippen LogP contribution in [0.1, 0.15) is 24.4 Å². The minimum Gasteiger partial charge on any atom is -0.381 e. The summed E-state index contributed by atoms with van der Waals surface area (Å²) in [6, 6.07) is 0. The van der Waals surface area contributed by atoms with Crippen molar-refractivity contribution in [3.63, 3.8) is 0 Å². The maximum atomic E-state index is 6.22. The largest absolute Gasteiger partial charge is 0.381 e. The van der Waals surface area contributed by atoms with E-state index < -0.39 is 0 Å². The van der Waals surface area contributed by atoms with Gasteiger partial charge >= 0.3 is 0 Å². The van der Waals surface area contributed by atoms with Gasteiger partial charge in [0.25, 0.3) is 0 Å². The van der Waals surface area contributed by atoms with Crippen molar-refractivity contribution in [1.82, 2.24) is 9.97 Å². The standard InChI is InChI=1S/C9H15N3O/c1-7-6-11-8(12-7)9(10)2-4-13-5-3-9/h6H,2-5,10H2,1H3,(H,11,12). The molecule has 1 fully saturated rings. The number of aromatic amines is 1. The van der Waals surface area contributed by atoms with E-state index in [1.165, 1.54) is 0 Å². The molecule has 13 heavy (non-hydrogen) atoms. The van der Waals surface area contributed by atoms with Gasteiger partial charge in [0.15, 0.2) is 0 Å². The minimum absolute atomic E-state index is 0.299. The minimum atomic E-state index is -0.299. The lowest BCUT2D eigenvalue weighted by atomic mass is 9.91. The number of ether oxygens (including phenoxy) is 1. The van der Waals surface area contributed by atoms with Gasteiger partial charge < -0.3 is 15.5 Å². The highest BCUT2D eigenvalue weighted by Crippen LogP contribution is 2.26. The summed E-state index contributed by atoms with van der Waals surface area (Å²) in [5.74, 6) is 0.897. The molecule has 0 saturated carbocycles. The second kappa shape index (κ2) is 3.12. The number of hydrogen-bond acceptors (Lipinski definition) is 3. The first-order valence-electron chi connectivity index (χ1n) is 4.59. The van der Waals surface area contributed by atoms with Crippen LogP contribution in [-0.2, 0) is 10.3 Å². The Kier molecular flexibility index (Phi) is 2.09. The van der Waals surface area contributed by atoms with Gasteiger partial charge in [-0.1, -0.05) is 0 Å². The van der Waals surface area contributed by atoms with Crippen LogP contribution in [0.4, 0.5) is 0 Å². The van der Waals surface area contributed by atoms with Gasteiger partial charge in [-0.05, 0) is 19.8 Å². The van der Waals surface area contributed by atoms with Crippen molar-refractivity contribution >= 4 is 0 Å². The summed E-state index contributed by atoms with van der Waals surface area (Å²) in [5, 5.41) is 0. The van der Waals surface area contributed by atoms with Gasteiger partial charge in [-0.25, -0.2) is 4.98 Å². The summed E-state index contributed by atoms with van der Waals surface area (Å²) in [6.07, 6.45) is 3.51. The van der Waals surface area contributed by atoms with Crippen LogP contribution < -0.4 is 5.73 Å². The first kappa shape index (κ1) is 8.72. The second-order valence-corrected chi connectivity index (χ2v) is 3.68. The van der Waals surface area contributed by atoms with Crippen molar-refractivity contribution in [3.05, 3.63) is 17.7 Å². The highest BCUT2D eigenvalue weighted by molar-refractivity contribution is 5.10. The monoisotopic (exact) mass is 181 g/mol. The van der Waals surface area contributed by atoms with Gasteiger partial charge in [-0.2, -0.15) is 0 Å². The molecule has 0 aromatic carbocycles. The Bertz CT molecular complexity index is 289. The number of rotatable bonds is 1. The van der Waals surface area contributed by atoms with E-state index in [0.29, 0.717) is 0 Å². The Morgan fingerprint density at radius 3 is 2.77 bits per heavy atom. The van der Waals surface area contributed by atoms with Crippen LogP contribution >= 0.6 is 0 Å². The van der Waals surface area contributed by atoms with Crippen LogP contribution in [0.25, 0.3) is 0 Å². The summed E-state index contributed by atoms with van der Waals surface area (Å²) in [4.78, 5) is 7.47. The smallest absolute Gasteiger partial charge is 0.126 e. The predicted octanol–water partition coefficient (Wildman–Crippen LogP) is 0.683. The first-order chi connectivity index (χ1) is 6.21. The molecule has 1 aliphatic heterocycles. The Morgan fingerprint density at radius 2 is 2.23 bits per heavy atom. The maximum absolute atomic E-state index is 6.22. The fourth-order valence-corrected chi connectivity index (χ4v) is 1.64. The zero-order valence-corrected chi connectivity index (χ0v) is 7.84. The molecule has 0 spiro atoms. The summed E-state index contributed by atoms with van der Waals surface area (Å²) in [6.45, 7) is 3.45. The number of H-pyrrole nitrogens is 1. The van der Waals surface area contributed by atoms with E-state index in [0.717, 1.165) is 37.6 Å². The van der Waals surface area contributed by atoms with Gasteiger partial charge in [0.05, 0.1) is 5.54 Å². The molecule has 0 aliphatic carbocycles. The Morgan fingerprint density at radius 1 is 1.54 bits per heavy atom. The number of aromatic nitrogens is 2. The number of nitrogens with two attached hydrogens (primary N) is 1. The predicted molar refractivity (Wildman–Crippen MR) is 49.2 cm³/mol. The fourth-order valence-electron chi connectivity index (χ4n) is 1.64. The number of nitrogens with one attached hydrogen (secondary N) is 1. The van der Waals surface area contributed by atoms with Crippen molar-refractivity contribution in [3.8, 4) is 0 Å². The highest BCUT2D eigenvalue weighted by atomic mass is 16.5. The van der Waals surface area contributed by atoms with E-state index in [9.17, 15) is 0 Å². The van der Waals surface area contributed by atoms with E-state index in [1.807, 2.05) is 13.1 Å². The molecule has 0 atom stereocenters. The van der Waals surface area contributed by atoms with Crippen LogP contribution in [0.2, 0.25) is 0 Å². The first-order valence-corrected chi connectivity index (χ1v) is 4.59. The number of imidazole rings is 1. The molecule has 4 heteroatoms. The third-order valence-electron chi connectivity index (χ3n) is 2.56. The number of hydrogen-bond donors (Lipinski definition) is 2. The molecule has 72 valence electrons. The van der Waals surface area contributed by atoms with Crippen LogP contribution in [0.15, 0.2) is 6.20 Å². The lowest BCUT2D eigenvalue weighted by molar-refractivity contribution is 0.0494. The zero-order valence-electron chi connectivity index (χ0n) is 7.84. The normalized spacial score (nSPS) is 21.7. The Labute approximate surface area is 77.5 Å². The molecule has 1 aromatic heterocycles. The van der Waals surface area contributed by atoms with E-state index in [2.05, 4.69) is 9.97 Å². The lowest BCUT2D eigenvalue weighted by Crippen LogP contribution is -2.43. The van der Waals surface area contributed by atoms with Crippen LogP contribution in [0, 0.1) is 6.92 Å². The quantitative estimate of drug-likeness (QED) is 0.669. The molecule has 0 radical (unpaired) electrons. The summed E-state index contributed by atoms with van der Waals surface area (Å²) < 4.78 is 5.27. The lowest BCUT2D eigenvalue weighted by Gasteiger charge is -2.31. The van der Waals surface area contributed by atoms with E-state index >= 15 is 0 Å². The molecule has 4 nitrogen and oxygen atoms in total. The van der Waals surface area contributed by atoms with Crippen molar-refractivity contribution in [2.24, 2.45) is 5.73 Å². The van der Waals surface area contributed by atoms with Gasteiger partial charge in [0, 0.05) is 25.1 Å². The summed E-state index contributed by atoms with van der Waals surface area (Å²) in [5.41, 5.74) is 6.98. The fraction of sp³-hybridized carbons (Fsp3) is 0.667. The van der Waals surface area contributed by atoms with E-state index in [1.54, 1.807) is 0 Å². The van der Waals surface area contributed by atoms with Gasteiger partial charge in [0.2, 0.25) is 0 Å². The SMILES string of the molecule is Cc1cnc(C2(N)CCOCC2)[nH]1. The van der Waals surface area contributed by atoms with Crippen LogP contribution in [0.5, 0.6) is 0 Å². The zero-order chi connectivity index (χ0) is 9.31. The highest BCUT2D eigenvalue weighted by Gasteiger charge is 2.32. The molecule has 1 saturated heterocycles. The van der Waals surface area contributed by atoms with E-state index in [-0.39, 0.29) is 5.54 Å². The molecule has 1 aliphatic rings. The molecule has 0 unspecified atom stereocenters. The van der Waals surface area contributed by atoms with Crippen molar-refractivity contribution in [1.29, 1.82) is 0 Å². The second-order valence-electron chi connectivity index (χ2n) is 3.68. The molecule has 2 heterocycles. The topological polar surface area (TPSA) is 63.9 Å². The Balaban J connectivity index is 2.22. The van der Waals surface area contributed by atoms with Crippen LogP contribution in [0.3, 0.4) is 0 Å². The molecule has 0 amide bonds. The van der Waals surface area contributed by atoms with Gasteiger partial charge in [0.1, 0.15) is 5.82 Å². The average Bonchev–Trinajstić information content (AvgIpc) is 2.54. The van der Waals surface area contributed by atoms with Gasteiger partial charge in [-0.15, -0.1) is 0 Å². The molecule has 2 rings (SSSR count). The third kappa shape index (κ3) is 1.59. The molecular weight excluding hydrogens is 166 g/mol. The van der Waals surface area contributed by atoms with Gasteiger partial charge in [-0.3, -0.25) is 0 Å². The third-order valence-corrected chi connectivity index (χ3v) is 2.56. The van der Waals surface area contributed by atoms with Crippen molar-refractivity contribution in [2.45, 2.75) is 25.3 Å². The molecule has 3 N–H and O–H groups in total. The number of aryl methyl sites for hydroxylation is 1. The maximum Gasteiger partial charge on any atom is 0.126 e. The number of nitrogens with zero attached hydrogens (tertiary/aromatic N) is 1. The van der Waals surface area contributed by atoms with E-state index in [4.69, 9.17) is 10.5 Å². The van der Waals surface area contributed by atoms with Crippen molar-refractivity contribution < 1.29 is 4.74 Å². The molecular formula is C9H15N3O. The Hall–Kier alpha value is -0.870. The molecule has 1 aromatic rings. The summed E-state index contributed by atoms with van der Waals surface area (Å²) in [7, 11) is 0. The van der Waals surface area contributed by atoms with Crippen LogP contribution in [-0.4, -0.2) is 23.2 Å². The molecule has 0 bridgehead atoms. The van der Waals surface area contributed by atoms with Crippen molar-refractivity contribution in [2.75, 3.05) is 13.2 Å². The average molecular weight is 181 g/mol. The summed E-state index contributed by atoms with van der Waals surface area (Å²) >= 11 is 0.